The van der Waals surface area contributed by atoms with Gasteiger partial charge >= 0.3 is 0 Å². The zero-order valence-electron chi connectivity index (χ0n) is 7.04. The van der Waals surface area contributed by atoms with Gasteiger partial charge in [-0.1, -0.05) is 36.8 Å². The molecule has 0 heterocycles. The van der Waals surface area contributed by atoms with Crippen molar-refractivity contribution in [1.29, 1.82) is 0 Å². The van der Waals surface area contributed by atoms with Crippen molar-refractivity contribution >= 4 is 11.6 Å². The smallest absolute Gasteiger partial charge is 0.0404 e. The Kier molecular flexibility index (Phi) is 2.36. The van der Waals surface area contributed by atoms with E-state index in [0.717, 1.165) is 0 Å². The van der Waals surface area contributed by atoms with Crippen LogP contribution in [-0.2, 0) is 0 Å². The Morgan fingerprint density at radius 3 is 2.42 bits per heavy atom. The van der Waals surface area contributed by atoms with E-state index in [9.17, 15) is 0 Å². The van der Waals surface area contributed by atoms with Gasteiger partial charge in [0.25, 0.3) is 0 Å². The molecule has 0 nitrogen and oxygen atoms in total. The summed E-state index contributed by atoms with van der Waals surface area (Å²) in [5.74, 6) is 0.605. The summed E-state index contributed by atoms with van der Waals surface area (Å²) in [6.45, 7) is 0. The number of halogens is 1. The summed E-state index contributed by atoms with van der Waals surface area (Å²) >= 11 is 6.21. The highest BCUT2D eigenvalue weighted by Gasteiger charge is 2.26. The Bertz CT molecular complexity index is 242. The van der Waals surface area contributed by atoms with Crippen LogP contribution in [0, 0.1) is 0 Å². The van der Waals surface area contributed by atoms with Gasteiger partial charge in [0.1, 0.15) is 0 Å². The van der Waals surface area contributed by atoms with Gasteiger partial charge in [0.15, 0.2) is 0 Å². The van der Waals surface area contributed by atoms with Crippen LogP contribution in [0.15, 0.2) is 30.3 Å². The lowest BCUT2D eigenvalue weighted by molar-refractivity contribution is 0.730. The maximum Gasteiger partial charge on any atom is 0.0404 e. The van der Waals surface area contributed by atoms with Crippen molar-refractivity contribution in [3.05, 3.63) is 35.9 Å². The monoisotopic (exact) mass is 180 g/mol. The molecule has 12 heavy (non-hydrogen) atoms. The lowest BCUT2D eigenvalue weighted by atomic mass is 9.98. The summed E-state index contributed by atoms with van der Waals surface area (Å²) in [5.41, 5.74) is 1.41. The summed E-state index contributed by atoms with van der Waals surface area (Å²) in [4.78, 5) is 0. The molecule has 0 aromatic heterocycles. The van der Waals surface area contributed by atoms with Crippen molar-refractivity contribution in [1.82, 2.24) is 0 Å². The Morgan fingerprint density at radius 2 is 1.83 bits per heavy atom. The first-order chi connectivity index (χ1) is 5.88. The first-order valence-corrected chi connectivity index (χ1v) is 5.00. The van der Waals surface area contributed by atoms with Crippen LogP contribution in [0.4, 0.5) is 0 Å². The number of alkyl halides is 1. The van der Waals surface area contributed by atoms with Crippen LogP contribution in [0.25, 0.3) is 0 Å². The normalized spacial score (nSPS) is 29.1. The highest BCUT2D eigenvalue weighted by Crippen LogP contribution is 2.37. The zero-order valence-corrected chi connectivity index (χ0v) is 7.80. The first kappa shape index (κ1) is 8.12. The predicted molar refractivity (Wildman–Crippen MR) is 52.7 cm³/mol. The van der Waals surface area contributed by atoms with Gasteiger partial charge in [-0.3, -0.25) is 0 Å². The maximum absolute atomic E-state index is 6.21. The Morgan fingerprint density at radius 1 is 1.08 bits per heavy atom. The molecule has 2 rings (SSSR count). The van der Waals surface area contributed by atoms with E-state index in [1.54, 1.807) is 0 Å². The number of hydrogen-bond donors (Lipinski definition) is 0. The van der Waals surface area contributed by atoms with Gasteiger partial charge in [0.05, 0.1) is 0 Å². The minimum atomic E-state index is 0.368. The number of rotatable bonds is 1. The molecule has 0 amide bonds. The van der Waals surface area contributed by atoms with Crippen LogP contribution in [0.5, 0.6) is 0 Å². The quantitative estimate of drug-likeness (QED) is 0.580. The predicted octanol–water partition coefficient (Wildman–Crippen LogP) is 3.56. The fourth-order valence-electron chi connectivity index (χ4n) is 1.99. The molecular weight excluding hydrogens is 168 g/mol. The second-order valence-corrected chi connectivity index (χ2v) is 4.02. The topological polar surface area (TPSA) is 0 Å². The van der Waals surface area contributed by atoms with Crippen molar-refractivity contribution in [3.63, 3.8) is 0 Å². The van der Waals surface area contributed by atoms with E-state index in [1.807, 2.05) is 0 Å². The van der Waals surface area contributed by atoms with Crippen LogP contribution < -0.4 is 0 Å². The van der Waals surface area contributed by atoms with Crippen molar-refractivity contribution < 1.29 is 0 Å². The van der Waals surface area contributed by atoms with E-state index < -0.39 is 0 Å². The molecule has 0 N–H and O–H groups in total. The average Bonchev–Trinajstić information content (AvgIpc) is 2.53. The Balaban J connectivity index is 2.19. The third-order valence-corrected chi connectivity index (χ3v) is 3.18. The summed E-state index contributed by atoms with van der Waals surface area (Å²) < 4.78 is 0. The third-order valence-electron chi connectivity index (χ3n) is 2.66. The van der Waals surface area contributed by atoms with Crippen LogP contribution >= 0.6 is 11.6 Å². The van der Waals surface area contributed by atoms with Gasteiger partial charge in [-0.25, -0.2) is 0 Å². The zero-order chi connectivity index (χ0) is 8.39. The molecule has 64 valence electrons. The molecule has 1 aliphatic rings. The second kappa shape index (κ2) is 3.49. The Labute approximate surface area is 78.6 Å². The van der Waals surface area contributed by atoms with E-state index in [4.69, 9.17) is 11.6 Å². The average molecular weight is 181 g/mol. The fraction of sp³-hybridized carbons (Fsp3) is 0.455. The van der Waals surface area contributed by atoms with Crippen LogP contribution in [-0.4, -0.2) is 5.38 Å². The molecule has 0 spiro atoms. The van der Waals surface area contributed by atoms with E-state index in [0.29, 0.717) is 11.3 Å². The lowest BCUT2D eigenvalue weighted by Gasteiger charge is -2.13. The van der Waals surface area contributed by atoms with Crippen LogP contribution in [0.1, 0.15) is 30.7 Å². The van der Waals surface area contributed by atoms with Crippen LogP contribution in [0.2, 0.25) is 0 Å². The molecule has 1 fully saturated rings. The molecule has 1 aliphatic carbocycles. The SMILES string of the molecule is Cl[C@H]1CCC[C@H]1c1ccccc1. The molecule has 0 aliphatic heterocycles. The number of hydrogen-bond acceptors (Lipinski definition) is 0. The molecule has 1 aromatic carbocycles. The molecular formula is C11H13Cl. The van der Waals surface area contributed by atoms with Gasteiger partial charge in [-0.15, -0.1) is 11.6 Å². The van der Waals surface area contributed by atoms with E-state index in [1.165, 1.54) is 24.8 Å². The summed E-state index contributed by atoms with van der Waals surface area (Å²) in [6, 6.07) is 10.6. The van der Waals surface area contributed by atoms with Crippen molar-refractivity contribution in [2.24, 2.45) is 0 Å². The highest BCUT2D eigenvalue weighted by atomic mass is 35.5. The summed E-state index contributed by atoms with van der Waals surface area (Å²) in [6.07, 6.45) is 3.73. The standard InChI is InChI=1S/C11H13Cl/c12-11-8-4-7-10(11)9-5-2-1-3-6-9/h1-3,5-6,10-11H,4,7-8H2/t10-,11-/m0/s1. The molecule has 0 bridgehead atoms. The molecule has 1 aromatic rings. The first-order valence-electron chi connectivity index (χ1n) is 4.57. The fourth-order valence-corrected chi connectivity index (χ4v) is 2.42. The molecule has 0 unspecified atom stereocenters. The molecule has 0 radical (unpaired) electrons. The van der Waals surface area contributed by atoms with E-state index >= 15 is 0 Å². The van der Waals surface area contributed by atoms with Gasteiger partial charge in [0.2, 0.25) is 0 Å². The van der Waals surface area contributed by atoms with E-state index in [-0.39, 0.29) is 0 Å². The van der Waals surface area contributed by atoms with Gasteiger partial charge in [-0.05, 0) is 18.4 Å². The van der Waals surface area contributed by atoms with Crippen LogP contribution in [0.3, 0.4) is 0 Å². The van der Waals surface area contributed by atoms with E-state index in [2.05, 4.69) is 30.3 Å². The summed E-state index contributed by atoms with van der Waals surface area (Å²) in [7, 11) is 0. The Hall–Kier alpha value is -0.490. The minimum absolute atomic E-state index is 0.368. The summed E-state index contributed by atoms with van der Waals surface area (Å²) in [5, 5.41) is 0.368. The molecule has 0 saturated heterocycles. The highest BCUT2D eigenvalue weighted by molar-refractivity contribution is 6.21. The van der Waals surface area contributed by atoms with Crippen molar-refractivity contribution in [2.45, 2.75) is 30.6 Å². The molecule has 1 saturated carbocycles. The van der Waals surface area contributed by atoms with Gasteiger partial charge < -0.3 is 0 Å². The third kappa shape index (κ3) is 1.49. The largest absolute Gasteiger partial charge is 0.122 e. The second-order valence-electron chi connectivity index (χ2n) is 3.46. The van der Waals surface area contributed by atoms with Crippen molar-refractivity contribution in [3.8, 4) is 0 Å². The lowest BCUT2D eigenvalue weighted by Crippen LogP contribution is -2.04. The van der Waals surface area contributed by atoms with Gasteiger partial charge in [-0.2, -0.15) is 0 Å². The van der Waals surface area contributed by atoms with Gasteiger partial charge in [0, 0.05) is 11.3 Å². The number of benzene rings is 1. The molecule has 1 heteroatoms. The van der Waals surface area contributed by atoms with Crippen molar-refractivity contribution in [2.75, 3.05) is 0 Å². The minimum Gasteiger partial charge on any atom is -0.122 e. The molecule has 2 atom stereocenters. The maximum atomic E-state index is 6.21.